The third kappa shape index (κ3) is 12.4. The molecule has 0 saturated heterocycles. The van der Waals surface area contributed by atoms with Crippen LogP contribution in [0.1, 0.15) is 27.7 Å². The zero-order valence-corrected chi connectivity index (χ0v) is 15.5. The molecule has 0 N–H and O–H groups in total. The van der Waals surface area contributed by atoms with Gasteiger partial charge in [-0.05, 0) is 26.9 Å². The van der Waals surface area contributed by atoms with Crippen LogP contribution in [0.2, 0.25) is 0 Å². The van der Waals surface area contributed by atoms with Crippen LogP contribution in [0.15, 0.2) is 24.4 Å². The highest BCUT2D eigenvalue weighted by Gasteiger charge is 2.07. The van der Waals surface area contributed by atoms with Gasteiger partial charge in [-0.15, -0.1) is 0 Å². The molecule has 0 aromatic carbocycles. The maximum Gasteiger partial charge on any atom is 0.353 e. The second-order valence-corrected chi connectivity index (χ2v) is 5.00. The minimum Gasteiger partial charge on any atom is -0.461 e. The number of carbonyl (C=O) groups excluding carboxylic acids is 2. The maximum absolute atomic E-state index is 11.0. The summed E-state index contributed by atoms with van der Waals surface area (Å²) in [5.74, 6) is -0.653. The lowest BCUT2D eigenvalue weighted by Gasteiger charge is -2.17. The molecule has 6 nitrogen and oxygen atoms in total. The molecular formula is C17H32N2O4. The number of likely N-dealkylation sites (N-methyl/N-ethyl adjacent to an activating group) is 2. The molecule has 0 aliphatic heterocycles. The lowest BCUT2D eigenvalue weighted by atomic mass is 10.4. The van der Waals surface area contributed by atoms with E-state index in [4.69, 9.17) is 4.74 Å². The highest BCUT2D eigenvalue weighted by atomic mass is 16.5. The van der Waals surface area contributed by atoms with E-state index < -0.39 is 0 Å². The predicted octanol–water partition coefficient (Wildman–Crippen LogP) is 2.07. The number of rotatable bonds is 9. The van der Waals surface area contributed by atoms with Crippen molar-refractivity contribution in [2.75, 3.05) is 46.9 Å². The van der Waals surface area contributed by atoms with Crippen LogP contribution in [0.25, 0.3) is 0 Å². The predicted molar refractivity (Wildman–Crippen MR) is 93.0 cm³/mol. The van der Waals surface area contributed by atoms with E-state index in [-0.39, 0.29) is 11.9 Å². The van der Waals surface area contributed by atoms with Crippen LogP contribution in [-0.2, 0) is 19.1 Å². The summed E-state index contributed by atoms with van der Waals surface area (Å²) in [6.07, 6.45) is 0. The van der Waals surface area contributed by atoms with E-state index in [0.717, 1.165) is 19.6 Å². The normalized spacial score (nSPS) is 9.52. The Balaban J connectivity index is 0. The third-order valence-electron chi connectivity index (χ3n) is 2.93. The molecule has 0 aliphatic carbocycles. The van der Waals surface area contributed by atoms with E-state index in [0.29, 0.717) is 24.5 Å². The standard InChI is InChI=1S/C10H19NO2.C7H13NO2/c1-5-11(6-2)7-8-13-10(12)9(3)4;1-5-10-7(9)6(2)8(3)4/h3,5-8H2,1-2,4H3;2,5H2,1,3-4H3. The van der Waals surface area contributed by atoms with E-state index in [1.54, 1.807) is 32.8 Å². The maximum atomic E-state index is 11.0. The van der Waals surface area contributed by atoms with Gasteiger partial charge in [-0.2, -0.15) is 0 Å². The summed E-state index contributed by atoms with van der Waals surface area (Å²) in [5.41, 5.74) is 0.835. The molecule has 0 spiro atoms. The van der Waals surface area contributed by atoms with Crippen molar-refractivity contribution in [1.82, 2.24) is 9.80 Å². The van der Waals surface area contributed by atoms with Crippen LogP contribution in [0.3, 0.4) is 0 Å². The van der Waals surface area contributed by atoms with Gasteiger partial charge in [-0.3, -0.25) is 0 Å². The van der Waals surface area contributed by atoms with Gasteiger partial charge < -0.3 is 19.3 Å². The van der Waals surface area contributed by atoms with E-state index in [2.05, 4.69) is 36.6 Å². The summed E-state index contributed by atoms with van der Waals surface area (Å²) in [7, 11) is 3.50. The van der Waals surface area contributed by atoms with Crippen molar-refractivity contribution in [3.63, 3.8) is 0 Å². The molecule has 0 heterocycles. The smallest absolute Gasteiger partial charge is 0.353 e. The molecular weight excluding hydrogens is 296 g/mol. The van der Waals surface area contributed by atoms with Crippen LogP contribution in [-0.4, -0.2) is 68.7 Å². The third-order valence-corrected chi connectivity index (χ3v) is 2.93. The Morgan fingerprint density at radius 3 is 1.83 bits per heavy atom. The Labute approximate surface area is 140 Å². The van der Waals surface area contributed by atoms with Crippen LogP contribution in [0.4, 0.5) is 0 Å². The molecule has 0 aromatic rings. The molecule has 0 saturated carbocycles. The Morgan fingerprint density at radius 2 is 1.48 bits per heavy atom. The molecule has 0 aliphatic rings. The average molecular weight is 328 g/mol. The lowest BCUT2D eigenvalue weighted by Crippen LogP contribution is -2.27. The molecule has 0 aromatic heterocycles. The number of ether oxygens (including phenoxy) is 2. The fraction of sp³-hybridized carbons (Fsp3) is 0.647. The molecule has 0 amide bonds. The Bertz CT molecular complexity index is 388. The SMILES string of the molecule is C=C(C(=O)OCC)N(C)C.C=C(C)C(=O)OCCN(CC)CC. The van der Waals surface area contributed by atoms with Gasteiger partial charge in [0.25, 0.3) is 0 Å². The van der Waals surface area contributed by atoms with Crippen LogP contribution >= 0.6 is 0 Å². The van der Waals surface area contributed by atoms with Gasteiger partial charge >= 0.3 is 11.9 Å². The number of hydrogen-bond acceptors (Lipinski definition) is 6. The first-order valence-electron chi connectivity index (χ1n) is 7.79. The van der Waals surface area contributed by atoms with Gasteiger partial charge in [0, 0.05) is 26.2 Å². The second-order valence-electron chi connectivity index (χ2n) is 5.00. The fourth-order valence-corrected chi connectivity index (χ4v) is 1.33. The highest BCUT2D eigenvalue weighted by Crippen LogP contribution is 1.96. The van der Waals surface area contributed by atoms with Crippen molar-refractivity contribution < 1.29 is 19.1 Å². The number of nitrogens with zero attached hydrogens (tertiary/aromatic N) is 2. The summed E-state index contributed by atoms with van der Waals surface area (Å²) in [5, 5.41) is 0. The Morgan fingerprint density at radius 1 is 0.957 bits per heavy atom. The first-order valence-corrected chi connectivity index (χ1v) is 7.79. The molecule has 134 valence electrons. The van der Waals surface area contributed by atoms with Crippen LogP contribution in [0, 0.1) is 0 Å². The molecule has 6 heteroatoms. The van der Waals surface area contributed by atoms with E-state index in [1.165, 1.54) is 0 Å². The minimum absolute atomic E-state index is 0.299. The molecule has 23 heavy (non-hydrogen) atoms. The average Bonchev–Trinajstić information content (AvgIpc) is 2.51. The minimum atomic E-state index is -0.354. The zero-order valence-electron chi connectivity index (χ0n) is 15.5. The van der Waals surface area contributed by atoms with Gasteiger partial charge in [-0.25, -0.2) is 9.59 Å². The summed E-state index contributed by atoms with van der Waals surface area (Å²) >= 11 is 0. The van der Waals surface area contributed by atoms with E-state index in [1.807, 2.05) is 0 Å². The quantitative estimate of drug-likeness (QED) is 0.477. The van der Waals surface area contributed by atoms with Gasteiger partial charge in [0.05, 0.1) is 6.61 Å². The first kappa shape index (κ1) is 23.4. The second kappa shape index (κ2) is 13.8. The van der Waals surface area contributed by atoms with E-state index in [9.17, 15) is 9.59 Å². The van der Waals surface area contributed by atoms with Crippen molar-refractivity contribution >= 4 is 11.9 Å². The Hall–Kier alpha value is -1.82. The Kier molecular flexibility index (Phi) is 14.1. The van der Waals surface area contributed by atoms with Crippen molar-refractivity contribution in [3.05, 3.63) is 24.4 Å². The summed E-state index contributed by atoms with van der Waals surface area (Å²) < 4.78 is 9.64. The first-order chi connectivity index (χ1) is 10.7. The summed E-state index contributed by atoms with van der Waals surface area (Å²) in [6, 6.07) is 0. The summed E-state index contributed by atoms with van der Waals surface area (Å²) in [4.78, 5) is 25.6. The largest absolute Gasteiger partial charge is 0.461 e. The fourth-order valence-electron chi connectivity index (χ4n) is 1.33. The van der Waals surface area contributed by atoms with Crippen molar-refractivity contribution in [3.8, 4) is 0 Å². The van der Waals surface area contributed by atoms with Gasteiger partial charge in [-0.1, -0.05) is 27.0 Å². The highest BCUT2D eigenvalue weighted by molar-refractivity contribution is 5.87. The molecule has 0 radical (unpaired) electrons. The molecule has 0 atom stereocenters. The number of esters is 2. The lowest BCUT2D eigenvalue weighted by molar-refractivity contribution is -0.140. The summed E-state index contributed by atoms with van der Waals surface area (Å²) in [6.45, 7) is 18.2. The zero-order chi connectivity index (χ0) is 18.4. The molecule has 0 unspecified atom stereocenters. The van der Waals surface area contributed by atoms with Crippen LogP contribution < -0.4 is 0 Å². The monoisotopic (exact) mass is 328 g/mol. The topological polar surface area (TPSA) is 59.1 Å². The molecule has 0 fully saturated rings. The molecule has 0 rings (SSSR count). The van der Waals surface area contributed by atoms with Gasteiger partial charge in [0.1, 0.15) is 12.3 Å². The number of hydrogen-bond donors (Lipinski definition) is 0. The molecule has 0 bridgehead atoms. The van der Waals surface area contributed by atoms with E-state index >= 15 is 0 Å². The van der Waals surface area contributed by atoms with Gasteiger partial charge in [0.15, 0.2) is 0 Å². The number of carbonyl (C=O) groups is 2. The van der Waals surface area contributed by atoms with Crippen LogP contribution in [0.5, 0.6) is 0 Å². The van der Waals surface area contributed by atoms with Crippen molar-refractivity contribution in [2.45, 2.75) is 27.7 Å². The van der Waals surface area contributed by atoms with Crippen molar-refractivity contribution in [2.24, 2.45) is 0 Å². The van der Waals surface area contributed by atoms with Crippen molar-refractivity contribution in [1.29, 1.82) is 0 Å². The van der Waals surface area contributed by atoms with Gasteiger partial charge in [0.2, 0.25) is 0 Å².